The van der Waals surface area contributed by atoms with Gasteiger partial charge in [-0.2, -0.15) is 0 Å². The summed E-state index contributed by atoms with van der Waals surface area (Å²) >= 11 is 0. The fourth-order valence-electron chi connectivity index (χ4n) is 3.21. The highest BCUT2D eigenvalue weighted by molar-refractivity contribution is 5.76. The lowest BCUT2D eigenvalue weighted by atomic mass is 9.87. The topological polar surface area (TPSA) is 60.9 Å². The summed E-state index contributed by atoms with van der Waals surface area (Å²) in [5.74, 6) is -0.217. The molecule has 1 atom stereocenters. The van der Waals surface area contributed by atoms with Crippen LogP contribution in [0.15, 0.2) is 0 Å². The number of carbonyl (C=O) groups is 2. The van der Waals surface area contributed by atoms with Crippen molar-refractivity contribution in [3.63, 3.8) is 0 Å². The van der Waals surface area contributed by atoms with Gasteiger partial charge >= 0.3 is 12.0 Å². The summed E-state index contributed by atoms with van der Waals surface area (Å²) in [6.45, 7) is 6.85. The Hall–Kier alpha value is -1.26. The number of rotatable bonds is 4. The quantitative estimate of drug-likeness (QED) is 0.860. The lowest BCUT2D eigenvalue weighted by molar-refractivity contribution is -0.144. The summed E-state index contributed by atoms with van der Waals surface area (Å²) in [7, 11) is 0. The highest BCUT2D eigenvalue weighted by Gasteiger charge is 2.39. The number of amides is 2. The summed E-state index contributed by atoms with van der Waals surface area (Å²) in [6, 6.07) is 0.105. The van der Waals surface area contributed by atoms with E-state index in [-0.39, 0.29) is 17.9 Å². The van der Waals surface area contributed by atoms with Crippen molar-refractivity contribution in [2.45, 2.75) is 39.5 Å². The Bertz CT molecular complexity index is 358. The number of piperidine rings is 1. The van der Waals surface area contributed by atoms with E-state index in [1.165, 1.54) is 12.8 Å². The van der Waals surface area contributed by atoms with Crippen LogP contribution in [-0.4, -0.2) is 53.1 Å². The molecule has 2 aliphatic heterocycles. The minimum Gasteiger partial charge on any atom is -0.481 e. The number of urea groups is 1. The molecule has 2 heterocycles. The molecule has 1 N–H and O–H groups in total. The second kappa shape index (κ2) is 6.46. The second-order valence-electron chi connectivity index (χ2n) is 6.29. The van der Waals surface area contributed by atoms with E-state index in [1.54, 1.807) is 11.8 Å². The first-order valence-corrected chi connectivity index (χ1v) is 7.79. The average molecular weight is 282 g/mol. The summed E-state index contributed by atoms with van der Waals surface area (Å²) in [5.41, 5.74) is 0. The van der Waals surface area contributed by atoms with Crippen molar-refractivity contribution in [2.75, 3.05) is 26.2 Å². The maximum absolute atomic E-state index is 12.3. The van der Waals surface area contributed by atoms with Gasteiger partial charge in [-0.05, 0) is 18.8 Å². The fraction of sp³-hybridized carbons (Fsp3) is 0.867. The van der Waals surface area contributed by atoms with Crippen molar-refractivity contribution in [1.29, 1.82) is 0 Å². The molecule has 2 amide bonds. The van der Waals surface area contributed by atoms with Crippen LogP contribution in [0.25, 0.3) is 0 Å². The lowest BCUT2D eigenvalue weighted by Gasteiger charge is -2.44. The van der Waals surface area contributed by atoms with E-state index < -0.39 is 5.97 Å². The molecule has 0 radical (unpaired) electrons. The smallest absolute Gasteiger partial charge is 0.320 e. The van der Waals surface area contributed by atoms with Gasteiger partial charge in [0.15, 0.2) is 0 Å². The summed E-state index contributed by atoms with van der Waals surface area (Å²) in [4.78, 5) is 26.9. The molecule has 0 saturated carbocycles. The first kappa shape index (κ1) is 15.1. The van der Waals surface area contributed by atoms with Crippen molar-refractivity contribution in [3.8, 4) is 0 Å². The summed E-state index contributed by atoms with van der Waals surface area (Å²) in [5, 5.41) is 8.96. The molecular weight excluding hydrogens is 256 g/mol. The van der Waals surface area contributed by atoms with Crippen molar-refractivity contribution < 1.29 is 14.7 Å². The monoisotopic (exact) mass is 282 g/mol. The Morgan fingerprint density at radius 2 is 1.80 bits per heavy atom. The number of hydrogen-bond acceptors (Lipinski definition) is 2. The van der Waals surface area contributed by atoms with E-state index in [9.17, 15) is 9.59 Å². The van der Waals surface area contributed by atoms with Gasteiger partial charge in [-0.15, -0.1) is 0 Å². The highest BCUT2D eigenvalue weighted by atomic mass is 16.4. The van der Waals surface area contributed by atoms with Crippen LogP contribution in [0.5, 0.6) is 0 Å². The molecule has 2 rings (SSSR count). The van der Waals surface area contributed by atoms with Crippen LogP contribution in [0.4, 0.5) is 4.79 Å². The van der Waals surface area contributed by atoms with Gasteiger partial charge < -0.3 is 14.9 Å². The number of aliphatic carboxylic acids is 1. The minimum atomic E-state index is -0.762. The van der Waals surface area contributed by atoms with Crippen LogP contribution in [0.2, 0.25) is 0 Å². The normalized spacial score (nSPS) is 22.5. The predicted molar refractivity (Wildman–Crippen MR) is 76.5 cm³/mol. The molecule has 0 aromatic rings. The SMILES string of the molecule is CCCC1CCN(C(=O)N2CC(C(C)C(=O)O)C2)CC1. The van der Waals surface area contributed by atoms with E-state index in [4.69, 9.17) is 5.11 Å². The Morgan fingerprint density at radius 3 is 2.30 bits per heavy atom. The van der Waals surface area contributed by atoms with Gasteiger partial charge in [0, 0.05) is 32.1 Å². The third-order valence-corrected chi connectivity index (χ3v) is 4.86. The van der Waals surface area contributed by atoms with Gasteiger partial charge in [-0.25, -0.2) is 4.79 Å². The molecule has 2 fully saturated rings. The van der Waals surface area contributed by atoms with E-state index in [1.807, 2.05) is 4.90 Å². The maximum atomic E-state index is 12.3. The molecule has 0 spiro atoms. The molecule has 114 valence electrons. The van der Waals surface area contributed by atoms with Crippen molar-refractivity contribution in [1.82, 2.24) is 9.80 Å². The number of nitrogens with zero attached hydrogens (tertiary/aromatic N) is 2. The van der Waals surface area contributed by atoms with Crippen LogP contribution < -0.4 is 0 Å². The number of likely N-dealkylation sites (tertiary alicyclic amines) is 2. The van der Waals surface area contributed by atoms with Gasteiger partial charge in [0.05, 0.1) is 5.92 Å². The summed E-state index contributed by atoms with van der Waals surface area (Å²) < 4.78 is 0. The number of carbonyl (C=O) groups excluding carboxylic acids is 1. The van der Waals surface area contributed by atoms with E-state index in [2.05, 4.69) is 6.92 Å². The molecule has 5 nitrogen and oxygen atoms in total. The zero-order valence-corrected chi connectivity index (χ0v) is 12.5. The van der Waals surface area contributed by atoms with Gasteiger partial charge in [0.25, 0.3) is 0 Å². The third kappa shape index (κ3) is 3.25. The van der Waals surface area contributed by atoms with Crippen LogP contribution in [0.1, 0.15) is 39.5 Å². The first-order chi connectivity index (χ1) is 9.52. The first-order valence-electron chi connectivity index (χ1n) is 7.79. The standard InChI is InChI=1S/C15H26N2O3/c1-3-4-12-5-7-16(8-6-12)15(20)17-9-13(10-17)11(2)14(18)19/h11-13H,3-10H2,1-2H3,(H,18,19). The van der Waals surface area contributed by atoms with Crippen LogP contribution >= 0.6 is 0 Å². The Labute approximate surface area is 120 Å². The molecule has 2 saturated heterocycles. The van der Waals surface area contributed by atoms with Crippen LogP contribution in [0, 0.1) is 17.8 Å². The Morgan fingerprint density at radius 1 is 1.20 bits per heavy atom. The average Bonchev–Trinajstić information content (AvgIpc) is 2.37. The third-order valence-electron chi connectivity index (χ3n) is 4.86. The van der Waals surface area contributed by atoms with E-state index >= 15 is 0 Å². The molecular formula is C15H26N2O3. The zero-order chi connectivity index (χ0) is 14.7. The molecule has 0 aromatic heterocycles. The van der Waals surface area contributed by atoms with Crippen molar-refractivity contribution in [2.24, 2.45) is 17.8 Å². The van der Waals surface area contributed by atoms with Gasteiger partial charge in [0.2, 0.25) is 0 Å². The zero-order valence-electron chi connectivity index (χ0n) is 12.5. The minimum absolute atomic E-state index is 0.105. The molecule has 2 aliphatic rings. The molecule has 0 aliphatic carbocycles. The molecule has 20 heavy (non-hydrogen) atoms. The number of hydrogen-bond donors (Lipinski definition) is 1. The van der Waals surface area contributed by atoms with Gasteiger partial charge in [-0.1, -0.05) is 26.7 Å². The van der Waals surface area contributed by atoms with E-state index in [0.29, 0.717) is 13.1 Å². The van der Waals surface area contributed by atoms with Crippen LogP contribution in [-0.2, 0) is 4.79 Å². The predicted octanol–water partition coefficient (Wildman–Crippen LogP) is 2.27. The van der Waals surface area contributed by atoms with Gasteiger partial charge in [0.1, 0.15) is 0 Å². The van der Waals surface area contributed by atoms with Gasteiger partial charge in [-0.3, -0.25) is 4.79 Å². The molecule has 0 aromatic carbocycles. The summed E-state index contributed by atoms with van der Waals surface area (Å²) in [6.07, 6.45) is 4.72. The number of carboxylic acid groups (broad SMARTS) is 1. The molecule has 1 unspecified atom stereocenters. The van der Waals surface area contributed by atoms with Crippen LogP contribution in [0.3, 0.4) is 0 Å². The number of carboxylic acids is 1. The van der Waals surface area contributed by atoms with E-state index in [0.717, 1.165) is 31.8 Å². The van der Waals surface area contributed by atoms with Crippen molar-refractivity contribution in [3.05, 3.63) is 0 Å². The fourth-order valence-corrected chi connectivity index (χ4v) is 3.21. The largest absolute Gasteiger partial charge is 0.481 e. The maximum Gasteiger partial charge on any atom is 0.320 e. The molecule has 0 bridgehead atoms. The van der Waals surface area contributed by atoms with Crippen molar-refractivity contribution >= 4 is 12.0 Å². The second-order valence-corrected chi connectivity index (χ2v) is 6.29. The Balaban J connectivity index is 1.73. The highest BCUT2D eigenvalue weighted by Crippen LogP contribution is 2.27. The lowest BCUT2D eigenvalue weighted by Crippen LogP contribution is -2.58. The molecule has 5 heteroatoms. The Kier molecular flexibility index (Phi) is 4.89.